The normalized spacial score (nSPS) is 19.2. The third-order valence-corrected chi connectivity index (χ3v) is 4.07. The Hall–Kier alpha value is -0.900. The van der Waals surface area contributed by atoms with Crippen LogP contribution in [0.2, 0.25) is 0 Å². The molecule has 1 atom stereocenters. The molecule has 1 aromatic rings. The van der Waals surface area contributed by atoms with E-state index in [-0.39, 0.29) is 0 Å². The molecule has 0 radical (unpaired) electrons. The van der Waals surface area contributed by atoms with E-state index in [1.54, 1.807) is 6.33 Å². The van der Waals surface area contributed by atoms with Gasteiger partial charge in [0.05, 0.1) is 0 Å². The number of rotatable bonds is 7. The topological polar surface area (TPSA) is 42.7 Å². The van der Waals surface area contributed by atoms with Gasteiger partial charge in [0.1, 0.15) is 12.2 Å². The molecule has 0 amide bonds. The van der Waals surface area contributed by atoms with Gasteiger partial charge in [-0.05, 0) is 37.6 Å². The second-order valence-electron chi connectivity index (χ2n) is 6.07. The molecule has 1 saturated carbocycles. The molecule has 1 aromatic heterocycles. The minimum Gasteiger partial charge on any atom is -0.314 e. The average molecular weight is 250 g/mol. The first-order valence-corrected chi connectivity index (χ1v) is 7.17. The standard InChI is InChI=1S/C14H26N4/c1-5-15-12(4)14(6-7-14)8-13-16-10-17-18(13)9-11(2)3/h10-12,15H,5-9H2,1-4H3. The molecule has 1 aliphatic rings. The molecule has 0 aromatic carbocycles. The highest BCUT2D eigenvalue weighted by molar-refractivity contribution is 5.07. The van der Waals surface area contributed by atoms with Crippen LogP contribution in [0.5, 0.6) is 0 Å². The van der Waals surface area contributed by atoms with Crippen molar-refractivity contribution in [3.05, 3.63) is 12.2 Å². The van der Waals surface area contributed by atoms with E-state index in [0.29, 0.717) is 17.4 Å². The minimum atomic E-state index is 0.428. The highest BCUT2D eigenvalue weighted by atomic mass is 15.3. The summed E-state index contributed by atoms with van der Waals surface area (Å²) in [5, 5.41) is 7.92. The van der Waals surface area contributed by atoms with E-state index in [4.69, 9.17) is 0 Å². The van der Waals surface area contributed by atoms with Crippen molar-refractivity contribution in [2.75, 3.05) is 6.54 Å². The van der Waals surface area contributed by atoms with Gasteiger partial charge in [-0.25, -0.2) is 9.67 Å². The van der Waals surface area contributed by atoms with Gasteiger partial charge in [0, 0.05) is 19.0 Å². The first kappa shape index (κ1) is 13.5. The van der Waals surface area contributed by atoms with E-state index in [2.05, 4.69) is 47.8 Å². The highest BCUT2D eigenvalue weighted by Gasteiger charge is 2.47. The lowest BCUT2D eigenvalue weighted by Crippen LogP contribution is -2.36. The zero-order chi connectivity index (χ0) is 13.2. The van der Waals surface area contributed by atoms with Crippen LogP contribution in [0.25, 0.3) is 0 Å². The van der Waals surface area contributed by atoms with Gasteiger partial charge in [0.15, 0.2) is 0 Å². The van der Waals surface area contributed by atoms with Crippen LogP contribution in [-0.4, -0.2) is 27.4 Å². The first-order valence-electron chi connectivity index (χ1n) is 7.17. The molecule has 18 heavy (non-hydrogen) atoms. The summed E-state index contributed by atoms with van der Waals surface area (Å²) in [7, 11) is 0. The van der Waals surface area contributed by atoms with Gasteiger partial charge in [-0.15, -0.1) is 0 Å². The monoisotopic (exact) mass is 250 g/mol. The Morgan fingerprint density at radius 2 is 2.11 bits per heavy atom. The van der Waals surface area contributed by atoms with Crippen molar-refractivity contribution in [1.29, 1.82) is 0 Å². The van der Waals surface area contributed by atoms with Gasteiger partial charge in [-0.2, -0.15) is 5.10 Å². The summed E-state index contributed by atoms with van der Waals surface area (Å²) >= 11 is 0. The van der Waals surface area contributed by atoms with Crippen LogP contribution in [0, 0.1) is 11.3 Å². The second kappa shape index (κ2) is 5.39. The summed E-state index contributed by atoms with van der Waals surface area (Å²) in [6, 6.07) is 0.576. The molecule has 0 spiro atoms. The maximum atomic E-state index is 4.46. The first-order chi connectivity index (χ1) is 8.57. The lowest BCUT2D eigenvalue weighted by molar-refractivity contribution is 0.338. The number of hydrogen-bond acceptors (Lipinski definition) is 3. The summed E-state index contributed by atoms with van der Waals surface area (Å²) in [4.78, 5) is 4.46. The third kappa shape index (κ3) is 2.91. The Bertz CT molecular complexity index is 379. The molecule has 1 unspecified atom stereocenters. The molecule has 1 N–H and O–H groups in total. The molecule has 1 fully saturated rings. The lowest BCUT2D eigenvalue weighted by Gasteiger charge is -2.24. The van der Waals surface area contributed by atoms with Crippen LogP contribution in [0.4, 0.5) is 0 Å². The molecule has 1 heterocycles. The summed E-state index contributed by atoms with van der Waals surface area (Å²) < 4.78 is 2.09. The Balaban J connectivity index is 2.03. The van der Waals surface area contributed by atoms with E-state index < -0.39 is 0 Å². The largest absolute Gasteiger partial charge is 0.314 e. The van der Waals surface area contributed by atoms with E-state index in [1.807, 2.05) is 0 Å². The molecule has 4 nitrogen and oxygen atoms in total. The fourth-order valence-electron chi connectivity index (χ4n) is 2.68. The lowest BCUT2D eigenvalue weighted by atomic mass is 9.93. The summed E-state index contributed by atoms with van der Waals surface area (Å²) in [6.07, 6.45) is 5.39. The van der Waals surface area contributed by atoms with Crippen molar-refractivity contribution < 1.29 is 0 Å². The molecule has 0 bridgehead atoms. The molecular weight excluding hydrogens is 224 g/mol. The smallest absolute Gasteiger partial charge is 0.138 e. The van der Waals surface area contributed by atoms with Crippen LogP contribution < -0.4 is 5.32 Å². The molecule has 1 aliphatic carbocycles. The SMILES string of the molecule is CCNC(C)C1(Cc2ncnn2CC(C)C)CC1. The Kier molecular flexibility index (Phi) is 4.05. The Labute approximate surface area is 110 Å². The van der Waals surface area contributed by atoms with Crippen molar-refractivity contribution in [2.45, 2.75) is 59.5 Å². The van der Waals surface area contributed by atoms with Gasteiger partial charge < -0.3 is 5.32 Å². The van der Waals surface area contributed by atoms with Crippen molar-refractivity contribution in [3.63, 3.8) is 0 Å². The van der Waals surface area contributed by atoms with Crippen LogP contribution in [0.3, 0.4) is 0 Å². The molecule has 0 saturated heterocycles. The average Bonchev–Trinajstić information content (AvgIpc) is 2.96. The predicted molar refractivity (Wildman–Crippen MR) is 73.4 cm³/mol. The van der Waals surface area contributed by atoms with Gasteiger partial charge >= 0.3 is 0 Å². The van der Waals surface area contributed by atoms with Crippen molar-refractivity contribution in [3.8, 4) is 0 Å². The number of nitrogens with one attached hydrogen (secondary N) is 1. The zero-order valence-electron chi connectivity index (χ0n) is 12.1. The van der Waals surface area contributed by atoms with Crippen molar-refractivity contribution in [2.24, 2.45) is 11.3 Å². The summed E-state index contributed by atoms with van der Waals surface area (Å²) in [6.45, 7) is 10.9. The van der Waals surface area contributed by atoms with E-state index in [9.17, 15) is 0 Å². The second-order valence-corrected chi connectivity index (χ2v) is 6.07. The van der Waals surface area contributed by atoms with E-state index >= 15 is 0 Å². The van der Waals surface area contributed by atoms with Crippen LogP contribution >= 0.6 is 0 Å². The van der Waals surface area contributed by atoms with Crippen molar-refractivity contribution in [1.82, 2.24) is 20.1 Å². The molecule has 102 valence electrons. The summed E-state index contributed by atoms with van der Waals surface area (Å²) in [5.74, 6) is 1.78. The quantitative estimate of drug-likeness (QED) is 0.807. The maximum absolute atomic E-state index is 4.46. The maximum Gasteiger partial charge on any atom is 0.138 e. The molecule has 2 rings (SSSR count). The van der Waals surface area contributed by atoms with Gasteiger partial charge in [-0.3, -0.25) is 0 Å². The Morgan fingerprint density at radius 3 is 2.67 bits per heavy atom. The number of aromatic nitrogens is 3. The zero-order valence-corrected chi connectivity index (χ0v) is 12.1. The van der Waals surface area contributed by atoms with Crippen molar-refractivity contribution >= 4 is 0 Å². The van der Waals surface area contributed by atoms with Crippen LogP contribution in [-0.2, 0) is 13.0 Å². The molecular formula is C14H26N4. The minimum absolute atomic E-state index is 0.428. The van der Waals surface area contributed by atoms with Gasteiger partial charge in [0.2, 0.25) is 0 Å². The molecule has 4 heteroatoms. The van der Waals surface area contributed by atoms with Gasteiger partial charge in [0.25, 0.3) is 0 Å². The highest BCUT2D eigenvalue weighted by Crippen LogP contribution is 2.51. The van der Waals surface area contributed by atoms with E-state index in [1.165, 1.54) is 12.8 Å². The number of hydrogen-bond donors (Lipinski definition) is 1. The van der Waals surface area contributed by atoms with Gasteiger partial charge in [-0.1, -0.05) is 20.8 Å². The molecule has 0 aliphatic heterocycles. The number of nitrogens with zero attached hydrogens (tertiary/aromatic N) is 3. The van der Waals surface area contributed by atoms with Crippen LogP contribution in [0.1, 0.15) is 46.4 Å². The summed E-state index contributed by atoms with van der Waals surface area (Å²) in [5.41, 5.74) is 0.428. The predicted octanol–water partition coefficient (Wildman–Crippen LogP) is 2.25. The fourth-order valence-corrected chi connectivity index (χ4v) is 2.68. The van der Waals surface area contributed by atoms with Crippen LogP contribution in [0.15, 0.2) is 6.33 Å². The fraction of sp³-hybridized carbons (Fsp3) is 0.857. The third-order valence-electron chi connectivity index (χ3n) is 4.07. The Morgan fingerprint density at radius 1 is 1.39 bits per heavy atom. The van der Waals surface area contributed by atoms with E-state index in [0.717, 1.165) is 25.3 Å².